The lowest BCUT2D eigenvalue weighted by atomic mass is 10.2. The molecule has 2 heterocycles. The van der Waals surface area contributed by atoms with E-state index >= 15 is 0 Å². The summed E-state index contributed by atoms with van der Waals surface area (Å²) < 4.78 is 0. The highest BCUT2D eigenvalue weighted by Gasteiger charge is 2.27. The van der Waals surface area contributed by atoms with E-state index in [0.29, 0.717) is 21.8 Å². The molecule has 0 aromatic carbocycles. The van der Waals surface area contributed by atoms with Crippen molar-refractivity contribution < 1.29 is 4.79 Å². The van der Waals surface area contributed by atoms with Gasteiger partial charge in [-0.05, 0) is 6.07 Å². The van der Waals surface area contributed by atoms with Crippen LogP contribution in [0, 0.1) is 0 Å². The molecule has 0 spiro atoms. The third-order valence-electron chi connectivity index (χ3n) is 2.80. The Kier molecular flexibility index (Phi) is 4.02. The summed E-state index contributed by atoms with van der Waals surface area (Å²) in [6, 6.07) is 1.59. The zero-order valence-corrected chi connectivity index (χ0v) is 12.0. The number of hydrogen-bond acceptors (Lipinski definition) is 4. The first-order valence-electron chi connectivity index (χ1n) is 5.83. The first kappa shape index (κ1) is 13.5. The zero-order chi connectivity index (χ0) is 13.3. The lowest BCUT2D eigenvalue weighted by molar-refractivity contribution is 0.0753. The minimum atomic E-state index is -0.0844. The molecule has 1 aliphatic heterocycles. The number of carbonyl (C=O) groups excluding carboxylic acids is 1. The number of pyridine rings is 1. The van der Waals surface area contributed by atoms with E-state index in [4.69, 9.17) is 17.3 Å². The predicted molar refractivity (Wildman–Crippen MR) is 76.1 cm³/mol. The molecule has 1 aliphatic rings. The normalized spacial score (nSPS) is 24.1. The molecular formula is C12H16ClN3OS. The Morgan fingerprint density at radius 3 is 2.72 bits per heavy atom. The van der Waals surface area contributed by atoms with Crippen molar-refractivity contribution in [1.29, 1.82) is 0 Å². The van der Waals surface area contributed by atoms with Gasteiger partial charge in [-0.25, -0.2) is 4.98 Å². The monoisotopic (exact) mass is 285 g/mol. The highest BCUT2D eigenvalue weighted by atomic mass is 35.5. The van der Waals surface area contributed by atoms with E-state index in [0.717, 1.165) is 13.1 Å². The first-order valence-corrected chi connectivity index (χ1v) is 7.15. The van der Waals surface area contributed by atoms with Gasteiger partial charge in [0.25, 0.3) is 5.91 Å². The van der Waals surface area contributed by atoms with E-state index in [2.05, 4.69) is 18.8 Å². The highest BCUT2D eigenvalue weighted by molar-refractivity contribution is 8.00. The molecule has 0 saturated carbocycles. The quantitative estimate of drug-likeness (QED) is 0.804. The van der Waals surface area contributed by atoms with E-state index in [1.807, 2.05) is 16.7 Å². The van der Waals surface area contributed by atoms with Gasteiger partial charge in [-0.2, -0.15) is 11.8 Å². The lowest BCUT2D eigenvalue weighted by Crippen LogP contribution is -2.44. The standard InChI is InChI=1S/C12H16ClN3OS/c1-7-5-16(6-8(2)18-7)12(17)10-3-9(14)4-15-11(10)13/h3-4,7-8H,5-6,14H2,1-2H3. The van der Waals surface area contributed by atoms with Crippen molar-refractivity contribution in [3.8, 4) is 0 Å². The molecule has 2 rings (SSSR count). The minimum absolute atomic E-state index is 0.0844. The van der Waals surface area contributed by atoms with Crippen LogP contribution in [0.15, 0.2) is 12.3 Å². The molecule has 6 heteroatoms. The molecule has 98 valence electrons. The number of rotatable bonds is 1. The molecule has 1 amide bonds. The van der Waals surface area contributed by atoms with Crippen LogP contribution in [0.25, 0.3) is 0 Å². The van der Waals surface area contributed by atoms with Crippen molar-refractivity contribution in [1.82, 2.24) is 9.88 Å². The fraction of sp³-hybridized carbons (Fsp3) is 0.500. The van der Waals surface area contributed by atoms with Gasteiger partial charge in [-0.1, -0.05) is 25.4 Å². The number of hydrogen-bond donors (Lipinski definition) is 1. The molecule has 2 N–H and O–H groups in total. The maximum Gasteiger partial charge on any atom is 0.257 e. The lowest BCUT2D eigenvalue weighted by Gasteiger charge is -2.34. The summed E-state index contributed by atoms with van der Waals surface area (Å²) in [7, 11) is 0. The van der Waals surface area contributed by atoms with Crippen molar-refractivity contribution >= 4 is 35.0 Å². The third-order valence-corrected chi connectivity index (χ3v) is 4.33. The summed E-state index contributed by atoms with van der Waals surface area (Å²) in [6.07, 6.45) is 1.45. The molecule has 1 aromatic heterocycles. The first-order chi connectivity index (χ1) is 8.47. The van der Waals surface area contributed by atoms with Crippen LogP contribution < -0.4 is 5.73 Å². The summed E-state index contributed by atoms with van der Waals surface area (Å²) >= 11 is 7.86. The molecule has 1 aromatic rings. The Bertz CT molecular complexity index is 459. The Labute approximate surface area is 116 Å². The van der Waals surface area contributed by atoms with E-state index in [9.17, 15) is 4.79 Å². The number of thioether (sulfide) groups is 1. The van der Waals surface area contributed by atoms with Crippen molar-refractivity contribution in [2.45, 2.75) is 24.3 Å². The predicted octanol–water partition coefficient (Wildman–Crippen LogP) is 2.28. The highest BCUT2D eigenvalue weighted by Crippen LogP contribution is 2.27. The SMILES string of the molecule is CC1CN(C(=O)c2cc(N)cnc2Cl)CC(C)S1. The van der Waals surface area contributed by atoms with Crippen LogP contribution in [0.5, 0.6) is 0 Å². The van der Waals surface area contributed by atoms with Crippen LogP contribution in [0.3, 0.4) is 0 Å². The van der Waals surface area contributed by atoms with Gasteiger partial charge in [0.05, 0.1) is 17.4 Å². The molecule has 0 aliphatic carbocycles. The second-order valence-corrected chi connectivity index (χ2v) is 6.81. The van der Waals surface area contributed by atoms with Crippen LogP contribution in [0.1, 0.15) is 24.2 Å². The van der Waals surface area contributed by atoms with Gasteiger partial charge in [-0.3, -0.25) is 4.79 Å². The fourth-order valence-corrected chi connectivity index (χ4v) is 3.64. The maximum absolute atomic E-state index is 12.4. The number of aromatic nitrogens is 1. The molecule has 18 heavy (non-hydrogen) atoms. The third kappa shape index (κ3) is 2.90. The van der Waals surface area contributed by atoms with Crippen molar-refractivity contribution in [2.75, 3.05) is 18.8 Å². The van der Waals surface area contributed by atoms with Gasteiger partial charge in [0.1, 0.15) is 5.15 Å². The van der Waals surface area contributed by atoms with E-state index in [1.54, 1.807) is 6.07 Å². The summed E-state index contributed by atoms with van der Waals surface area (Å²) in [5.74, 6) is -0.0844. The summed E-state index contributed by atoms with van der Waals surface area (Å²) in [6.45, 7) is 5.72. The molecule has 4 nitrogen and oxygen atoms in total. The number of carbonyl (C=O) groups is 1. The fourth-order valence-electron chi connectivity index (χ4n) is 2.13. The smallest absolute Gasteiger partial charge is 0.257 e. The number of amides is 1. The molecule has 2 unspecified atom stereocenters. The summed E-state index contributed by atoms with van der Waals surface area (Å²) in [4.78, 5) is 18.1. The van der Waals surface area contributed by atoms with Gasteiger partial charge in [0, 0.05) is 23.6 Å². The van der Waals surface area contributed by atoms with Gasteiger partial charge in [0.2, 0.25) is 0 Å². The summed E-state index contributed by atoms with van der Waals surface area (Å²) in [5, 5.41) is 1.09. The zero-order valence-electron chi connectivity index (χ0n) is 10.4. The molecule has 0 radical (unpaired) electrons. The second-order valence-electron chi connectivity index (χ2n) is 4.57. The van der Waals surface area contributed by atoms with Crippen molar-refractivity contribution in [3.05, 3.63) is 23.0 Å². The average Bonchev–Trinajstić information content (AvgIpc) is 2.30. The number of halogens is 1. The van der Waals surface area contributed by atoms with Crippen LogP contribution in [0.2, 0.25) is 5.15 Å². The van der Waals surface area contributed by atoms with E-state index in [-0.39, 0.29) is 11.1 Å². The molecular weight excluding hydrogens is 270 g/mol. The van der Waals surface area contributed by atoms with Gasteiger partial charge >= 0.3 is 0 Å². The van der Waals surface area contributed by atoms with E-state index < -0.39 is 0 Å². The summed E-state index contributed by atoms with van der Waals surface area (Å²) in [5.41, 5.74) is 6.50. The van der Waals surface area contributed by atoms with Crippen LogP contribution in [-0.4, -0.2) is 39.4 Å². The Morgan fingerprint density at radius 1 is 1.50 bits per heavy atom. The van der Waals surface area contributed by atoms with Gasteiger partial charge in [0.15, 0.2) is 0 Å². The van der Waals surface area contributed by atoms with E-state index in [1.165, 1.54) is 6.20 Å². The van der Waals surface area contributed by atoms with Crippen molar-refractivity contribution in [2.24, 2.45) is 0 Å². The van der Waals surface area contributed by atoms with Gasteiger partial charge < -0.3 is 10.6 Å². The Hall–Kier alpha value is -0.940. The maximum atomic E-state index is 12.4. The Balaban J connectivity index is 2.22. The topological polar surface area (TPSA) is 59.2 Å². The molecule has 2 atom stereocenters. The number of anilines is 1. The second kappa shape index (κ2) is 5.36. The minimum Gasteiger partial charge on any atom is -0.397 e. The molecule has 0 bridgehead atoms. The van der Waals surface area contributed by atoms with Crippen LogP contribution in [0.4, 0.5) is 5.69 Å². The van der Waals surface area contributed by atoms with Crippen molar-refractivity contribution in [3.63, 3.8) is 0 Å². The van der Waals surface area contributed by atoms with Crippen LogP contribution >= 0.6 is 23.4 Å². The Morgan fingerprint density at radius 2 is 2.11 bits per heavy atom. The van der Waals surface area contributed by atoms with Gasteiger partial charge in [-0.15, -0.1) is 0 Å². The molecule has 1 fully saturated rings. The number of nitrogens with zero attached hydrogens (tertiary/aromatic N) is 2. The van der Waals surface area contributed by atoms with Crippen LogP contribution in [-0.2, 0) is 0 Å². The number of nitrogens with two attached hydrogens (primary N) is 1. The average molecular weight is 286 g/mol. The number of nitrogen functional groups attached to an aromatic ring is 1. The largest absolute Gasteiger partial charge is 0.397 e. The molecule has 1 saturated heterocycles.